The van der Waals surface area contributed by atoms with E-state index in [1.54, 1.807) is 12.0 Å². The molecule has 0 N–H and O–H groups in total. The lowest BCUT2D eigenvalue weighted by Gasteiger charge is -2.26. The van der Waals surface area contributed by atoms with Crippen molar-refractivity contribution in [2.24, 2.45) is 5.92 Å². The van der Waals surface area contributed by atoms with Gasteiger partial charge in [0.05, 0.1) is 13.0 Å². The molecule has 26 heavy (non-hydrogen) atoms. The van der Waals surface area contributed by atoms with Crippen LogP contribution in [0.25, 0.3) is 0 Å². The minimum Gasteiger partial charge on any atom is -0.497 e. The van der Waals surface area contributed by atoms with Crippen molar-refractivity contribution >= 4 is 23.2 Å². The van der Waals surface area contributed by atoms with Crippen LogP contribution in [-0.2, 0) is 16.0 Å². The standard InChI is InChI=1S/C21H22N2O3/c1-14-10-15-6-3-4-9-19(15)23(14)21(25)16-11-20(24)22(13-16)17-7-5-8-18(12-17)26-2/h3-9,12,14,16H,10-11,13H2,1-2H3/t14-,16-/m1/s1. The zero-order valence-corrected chi connectivity index (χ0v) is 15.0. The van der Waals surface area contributed by atoms with Crippen LogP contribution in [0.1, 0.15) is 18.9 Å². The molecule has 0 aliphatic carbocycles. The molecule has 0 spiro atoms. The molecule has 134 valence electrons. The molecule has 0 aromatic heterocycles. The van der Waals surface area contributed by atoms with Crippen LogP contribution < -0.4 is 14.5 Å². The summed E-state index contributed by atoms with van der Waals surface area (Å²) in [6.07, 6.45) is 1.11. The van der Waals surface area contributed by atoms with E-state index in [4.69, 9.17) is 4.74 Å². The molecular formula is C21H22N2O3. The van der Waals surface area contributed by atoms with Crippen LogP contribution in [0.15, 0.2) is 48.5 Å². The number of benzene rings is 2. The lowest BCUT2D eigenvalue weighted by Crippen LogP contribution is -2.41. The van der Waals surface area contributed by atoms with Gasteiger partial charge in [0.15, 0.2) is 0 Å². The van der Waals surface area contributed by atoms with Crippen LogP contribution >= 0.6 is 0 Å². The average Bonchev–Trinajstić information content (AvgIpc) is 3.20. The molecule has 0 unspecified atom stereocenters. The lowest BCUT2D eigenvalue weighted by atomic mass is 10.1. The van der Waals surface area contributed by atoms with E-state index in [1.807, 2.05) is 47.4 Å². The smallest absolute Gasteiger partial charge is 0.232 e. The highest BCUT2D eigenvalue weighted by atomic mass is 16.5. The molecule has 0 bridgehead atoms. The van der Waals surface area contributed by atoms with Crippen molar-refractivity contribution in [3.8, 4) is 5.75 Å². The first-order chi connectivity index (χ1) is 12.6. The first kappa shape index (κ1) is 16.6. The summed E-state index contributed by atoms with van der Waals surface area (Å²) in [5.74, 6) is 0.410. The second-order valence-electron chi connectivity index (χ2n) is 7.00. The molecular weight excluding hydrogens is 328 g/mol. The van der Waals surface area contributed by atoms with Gasteiger partial charge >= 0.3 is 0 Å². The summed E-state index contributed by atoms with van der Waals surface area (Å²) >= 11 is 0. The van der Waals surface area contributed by atoms with Gasteiger partial charge in [0, 0.05) is 36.4 Å². The quantitative estimate of drug-likeness (QED) is 0.855. The van der Waals surface area contributed by atoms with Crippen molar-refractivity contribution in [3.63, 3.8) is 0 Å². The molecule has 4 rings (SSSR count). The average molecular weight is 350 g/mol. The molecule has 2 atom stereocenters. The first-order valence-electron chi connectivity index (χ1n) is 8.94. The van der Waals surface area contributed by atoms with Gasteiger partial charge in [-0.1, -0.05) is 24.3 Å². The van der Waals surface area contributed by atoms with Crippen molar-refractivity contribution in [3.05, 3.63) is 54.1 Å². The van der Waals surface area contributed by atoms with Crippen molar-refractivity contribution in [2.45, 2.75) is 25.8 Å². The number of para-hydroxylation sites is 1. The van der Waals surface area contributed by atoms with Crippen molar-refractivity contribution in [2.75, 3.05) is 23.5 Å². The van der Waals surface area contributed by atoms with E-state index >= 15 is 0 Å². The Labute approximate surface area is 153 Å². The van der Waals surface area contributed by atoms with Gasteiger partial charge in [-0.25, -0.2) is 0 Å². The third-order valence-corrected chi connectivity index (χ3v) is 5.28. The summed E-state index contributed by atoms with van der Waals surface area (Å²) in [7, 11) is 1.60. The molecule has 0 radical (unpaired) electrons. The fourth-order valence-electron chi connectivity index (χ4n) is 4.00. The Bertz CT molecular complexity index is 864. The van der Waals surface area contributed by atoms with E-state index in [2.05, 4.69) is 13.0 Å². The zero-order valence-electron chi connectivity index (χ0n) is 15.0. The first-order valence-corrected chi connectivity index (χ1v) is 8.94. The molecule has 2 aromatic rings. The molecule has 1 fully saturated rings. The van der Waals surface area contributed by atoms with Gasteiger partial charge in [-0.2, -0.15) is 0 Å². The number of ether oxygens (including phenoxy) is 1. The normalized spacial score (nSPS) is 21.8. The minimum atomic E-state index is -0.317. The summed E-state index contributed by atoms with van der Waals surface area (Å²) in [4.78, 5) is 29.3. The lowest BCUT2D eigenvalue weighted by molar-refractivity contribution is -0.124. The molecule has 2 aromatic carbocycles. The Balaban J connectivity index is 1.56. The second-order valence-corrected chi connectivity index (χ2v) is 7.00. The van der Waals surface area contributed by atoms with Crippen molar-refractivity contribution < 1.29 is 14.3 Å². The highest BCUT2D eigenvalue weighted by Gasteiger charge is 2.41. The van der Waals surface area contributed by atoms with Crippen LogP contribution in [0.3, 0.4) is 0 Å². The predicted molar refractivity (Wildman–Crippen MR) is 101 cm³/mol. The zero-order chi connectivity index (χ0) is 18.3. The number of rotatable bonds is 3. The number of amides is 2. The predicted octanol–water partition coefficient (Wildman–Crippen LogP) is 3.03. The fourth-order valence-corrected chi connectivity index (χ4v) is 4.00. The molecule has 1 saturated heterocycles. The highest BCUT2D eigenvalue weighted by molar-refractivity contribution is 6.05. The van der Waals surface area contributed by atoms with Gasteiger partial charge in [0.1, 0.15) is 5.75 Å². The van der Waals surface area contributed by atoms with Gasteiger partial charge in [-0.05, 0) is 37.1 Å². The van der Waals surface area contributed by atoms with Gasteiger partial charge in [-0.3, -0.25) is 9.59 Å². The largest absolute Gasteiger partial charge is 0.497 e. The summed E-state index contributed by atoms with van der Waals surface area (Å²) < 4.78 is 5.25. The van der Waals surface area contributed by atoms with E-state index in [0.29, 0.717) is 12.3 Å². The van der Waals surface area contributed by atoms with E-state index in [9.17, 15) is 9.59 Å². The van der Waals surface area contributed by atoms with Gasteiger partial charge in [-0.15, -0.1) is 0 Å². The number of methoxy groups -OCH3 is 1. The topological polar surface area (TPSA) is 49.9 Å². The number of anilines is 2. The van der Waals surface area contributed by atoms with Gasteiger partial charge in [0.25, 0.3) is 0 Å². The Morgan fingerprint density at radius 1 is 1.12 bits per heavy atom. The van der Waals surface area contributed by atoms with Gasteiger partial charge < -0.3 is 14.5 Å². The van der Waals surface area contributed by atoms with E-state index in [1.165, 1.54) is 5.56 Å². The Kier molecular flexibility index (Phi) is 4.15. The second kappa shape index (κ2) is 6.48. The minimum absolute atomic E-state index is 0.0169. The van der Waals surface area contributed by atoms with Crippen molar-refractivity contribution in [1.82, 2.24) is 0 Å². The van der Waals surface area contributed by atoms with Crippen LogP contribution in [0.4, 0.5) is 11.4 Å². The maximum Gasteiger partial charge on any atom is 0.232 e. The molecule has 5 heteroatoms. The van der Waals surface area contributed by atoms with E-state index < -0.39 is 0 Å². The molecule has 2 amide bonds. The number of carbonyl (C=O) groups excluding carboxylic acids is 2. The Hall–Kier alpha value is -2.82. The molecule has 2 heterocycles. The van der Waals surface area contributed by atoms with Crippen molar-refractivity contribution in [1.29, 1.82) is 0 Å². The molecule has 2 aliphatic heterocycles. The number of hydrogen-bond donors (Lipinski definition) is 0. The molecule has 0 saturated carbocycles. The summed E-state index contributed by atoms with van der Waals surface area (Å²) in [6.45, 7) is 2.48. The number of hydrogen-bond acceptors (Lipinski definition) is 3. The number of nitrogens with zero attached hydrogens (tertiary/aromatic N) is 2. The van der Waals surface area contributed by atoms with Gasteiger partial charge in [0.2, 0.25) is 11.8 Å². The third-order valence-electron chi connectivity index (χ3n) is 5.28. The Morgan fingerprint density at radius 3 is 2.73 bits per heavy atom. The summed E-state index contributed by atoms with van der Waals surface area (Å²) in [5, 5.41) is 0. The number of fused-ring (bicyclic) bond motifs is 1. The molecule has 5 nitrogen and oxygen atoms in total. The fraction of sp³-hybridized carbons (Fsp3) is 0.333. The van der Waals surface area contributed by atoms with E-state index in [-0.39, 0.29) is 30.2 Å². The summed E-state index contributed by atoms with van der Waals surface area (Å²) in [5.41, 5.74) is 2.96. The van der Waals surface area contributed by atoms with Crippen LogP contribution in [0.2, 0.25) is 0 Å². The van der Waals surface area contributed by atoms with Crippen LogP contribution in [-0.4, -0.2) is 31.5 Å². The molecule has 2 aliphatic rings. The van der Waals surface area contributed by atoms with Crippen LogP contribution in [0.5, 0.6) is 5.75 Å². The Morgan fingerprint density at radius 2 is 1.92 bits per heavy atom. The SMILES string of the molecule is COc1cccc(N2C[C@H](C(=O)N3c4ccccc4C[C@H]3C)CC2=O)c1. The monoisotopic (exact) mass is 350 g/mol. The third kappa shape index (κ3) is 2.73. The van der Waals surface area contributed by atoms with E-state index in [0.717, 1.165) is 17.8 Å². The highest BCUT2D eigenvalue weighted by Crippen LogP contribution is 2.35. The number of carbonyl (C=O) groups is 2. The maximum absolute atomic E-state index is 13.2. The summed E-state index contributed by atoms with van der Waals surface area (Å²) in [6, 6.07) is 15.6. The van der Waals surface area contributed by atoms with Crippen LogP contribution in [0, 0.1) is 5.92 Å². The maximum atomic E-state index is 13.2.